The summed E-state index contributed by atoms with van der Waals surface area (Å²) in [7, 11) is -11.0. The van der Waals surface area contributed by atoms with Gasteiger partial charge in [-0.1, -0.05) is 200 Å². The summed E-state index contributed by atoms with van der Waals surface area (Å²) < 4.78 is 0. The quantitative estimate of drug-likeness (QED) is 0.161. The van der Waals surface area contributed by atoms with Crippen molar-refractivity contribution in [3.63, 3.8) is 0 Å². The third-order valence-corrected chi connectivity index (χ3v) is 19.7. The van der Waals surface area contributed by atoms with Crippen molar-refractivity contribution in [3.8, 4) is 0 Å². The monoisotopic (exact) mass is 672 g/mol. The number of hydrogen-bond acceptors (Lipinski definition) is 3. The minimum Gasteiger partial charge on any atom is -0.421 e. The average Bonchev–Trinajstić information content (AvgIpc) is 3.18. The first kappa shape index (κ1) is 31.7. The topological polar surface area (TPSA) is 60.7 Å². The standard InChI is InChI=1S/C42H36O3Si3/c43-46(34-19-7-1-8-20-34,35-21-9-2-10-22-35)40-31-41(47(44,36-23-11-3-12-24-36)37-25-13-4-14-26-37)33-42(32-40)48(45,38-27-15-5-16-28-38)39-29-17-6-18-30-39/h1-33,43-45H. The van der Waals surface area contributed by atoms with Crippen LogP contribution >= 0.6 is 0 Å². The van der Waals surface area contributed by atoms with Crippen molar-refractivity contribution in [1.29, 1.82) is 0 Å². The zero-order valence-corrected chi connectivity index (χ0v) is 29.4. The molecule has 0 aromatic heterocycles. The molecule has 0 aliphatic rings. The van der Waals surface area contributed by atoms with Crippen LogP contribution in [0.25, 0.3) is 0 Å². The highest BCUT2D eigenvalue weighted by Gasteiger charge is 2.46. The Morgan fingerprint density at radius 3 is 0.500 bits per heavy atom. The first-order valence-electron chi connectivity index (χ1n) is 16.1. The molecule has 0 atom stereocenters. The van der Waals surface area contributed by atoms with Gasteiger partial charge in [-0.15, -0.1) is 0 Å². The summed E-state index contributed by atoms with van der Waals surface area (Å²) in [6, 6.07) is 65.1. The fourth-order valence-electron chi connectivity index (χ4n) is 6.83. The Morgan fingerprint density at radius 1 is 0.208 bits per heavy atom. The molecule has 0 amide bonds. The largest absolute Gasteiger partial charge is 0.421 e. The summed E-state index contributed by atoms with van der Waals surface area (Å²) in [4.78, 5) is 39.9. The van der Waals surface area contributed by atoms with Gasteiger partial charge in [-0.25, -0.2) is 0 Å². The molecule has 3 nitrogen and oxygen atoms in total. The van der Waals surface area contributed by atoms with E-state index in [9.17, 15) is 14.4 Å². The highest BCUT2D eigenvalue weighted by atomic mass is 28.4. The molecule has 7 aromatic rings. The van der Waals surface area contributed by atoms with Gasteiger partial charge in [-0.3, -0.25) is 0 Å². The molecule has 0 saturated heterocycles. The minimum absolute atomic E-state index is 0.711. The SMILES string of the molecule is O[Si](c1ccccc1)(c1ccccc1)c1cc([Si](O)(c2ccccc2)c2ccccc2)cc([Si](O)(c2ccccc2)c2ccccc2)c1. The number of rotatable bonds is 9. The molecule has 7 aromatic carbocycles. The molecule has 0 spiro atoms. The normalized spacial score (nSPS) is 12.1. The molecule has 0 aliphatic heterocycles. The van der Waals surface area contributed by atoms with Gasteiger partial charge < -0.3 is 14.4 Å². The Morgan fingerprint density at radius 2 is 0.354 bits per heavy atom. The van der Waals surface area contributed by atoms with Crippen LogP contribution in [-0.2, 0) is 0 Å². The first-order chi connectivity index (χ1) is 23.4. The van der Waals surface area contributed by atoms with Crippen LogP contribution in [0.2, 0.25) is 0 Å². The number of benzene rings is 7. The maximum Gasteiger partial charge on any atom is 0.285 e. The molecule has 3 N–H and O–H groups in total. The van der Waals surface area contributed by atoms with Crippen molar-refractivity contribution in [2.24, 2.45) is 0 Å². The molecule has 0 radical (unpaired) electrons. The van der Waals surface area contributed by atoms with E-state index in [1.807, 2.05) is 200 Å². The van der Waals surface area contributed by atoms with Crippen LogP contribution in [0.5, 0.6) is 0 Å². The molecule has 0 bridgehead atoms. The maximum atomic E-state index is 13.3. The highest BCUT2D eigenvalue weighted by molar-refractivity contribution is 7.10. The van der Waals surface area contributed by atoms with Crippen molar-refractivity contribution in [2.45, 2.75) is 0 Å². The van der Waals surface area contributed by atoms with Crippen LogP contribution in [0.1, 0.15) is 0 Å². The van der Waals surface area contributed by atoms with E-state index in [1.54, 1.807) is 0 Å². The molecule has 6 heteroatoms. The lowest BCUT2D eigenvalue weighted by molar-refractivity contribution is 0.581. The van der Waals surface area contributed by atoms with E-state index in [0.717, 1.165) is 31.1 Å². The molecule has 234 valence electrons. The molecular formula is C42H36O3Si3. The maximum absolute atomic E-state index is 13.3. The molecule has 0 heterocycles. The summed E-state index contributed by atoms with van der Waals surface area (Å²) >= 11 is 0. The summed E-state index contributed by atoms with van der Waals surface area (Å²) in [5.74, 6) is 0. The van der Waals surface area contributed by atoms with E-state index >= 15 is 0 Å². The lowest BCUT2D eigenvalue weighted by Crippen LogP contribution is -2.74. The van der Waals surface area contributed by atoms with Gasteiger partial charge in [0, 0.05) is 0 Å². The molecule has 48 heavy (non-hydrogen) atoms. The Kier molecular flexibility index (Phi) is 8.77. The molecule has 0 fully saturated rings. The summed E-state index contributed by atoms with van der Waals surface area (Å²) in [6.45, 7) is 0. The zero-order chi connectivity index (χ0) is 33.0. The highest BCUT2D eigenvalue weighted by Crippen LogP contribution is 2.11. The molecular weight excluding hydrogens is 637 g/mol. The van der Waals surface area contributed by atoms with Crippen molar-refractivity contribution < 1.29 is 14.4 Å². The number of hydrogen-bond donors (Lipinski definition) is 3. The van der Waals surface area contributed by atoms with Crippen LogP contribution in [-0.4, -0.2) is 39.3 Å². The van der Waals surface area contributed by atoms with Crippen LogP contribution in [0, 0.1) is 0 Å². The van der Waals surface area contributed by atoms with Gasteiger partial charge in [0.15, 0.2) is 0 Å². The predicted molar refractivity (Wildman–Crippen MR) is 206 cm³/mol. The van der Waals surface area contributed by atoms with E-state index in [4.69, 9.17) is 0 Å². The van der Waals surface area contributed by atoms with Crippen molar-refractivity contribution in [1.82, 2.24) is 0 Å². The Balaban J connectivity index is 1.62. The predicted octanol–water partition coefficient (Wildman–Crippen LogP) is 1.56. The van der Waals surface area contributed by atoms with Crippen LogP contribution in [0.4, 0.5) is 0 Å². The van der Waals surface area contributed by atoms with E-state index in [1.165, 1.54) is 0 Å². The van der Waals surface area contributed by atoms with Crippen molar-refractivity contribution in [2.75, 3.05) is 0 Å². The van der Waals surface area contributed by atoms with Crippen LogP contribution in [0.3, 0.4) is 0 Å². The minimum atomic E-state index is -3.68. The van der Waals surface area contributed by atoms with Gasteiger partial charge in [0.25, 0.3) is 25.0 Å². The van der Waals surface area contributed by atoms with Gasteiger partial charge in [0.05, 0.1) is 0 Å². The fourth-order valence-corrected chi connectivity index (χ4v) is 16.5. The lowest BCUT2D eigenvalue weighted by atomic mass is 10.3. The molecule has 0 saturated carbocycles. The smallest absolute Gasteiger partial charge is 0.285 e. The Hall–Kier alpha value is -4.93. The second kappa shape index (κ2) is 13.3. The Labute approximate surface area is 285 Å². The second-order valence-corrected chi connectivity index (χ2v) is 21.6. The molecule has 7 rings (SSSR count). The lowest BCUT2D eigenvalue weighted by Gasteiger charge is -2.34. The third-order valence-electron chi connectivity index (χ3n) is 9.34. The van der Waals surface area contributed by atoms with E-state index in [2.05, 4.69) is 0 Å². The van der Waals surface area contributed by atoms with E-state index in [0.29, 0.717) is 15.6 Å². The van der Waals surface area contributed by atoms with Gasteiger partial charge in [0.1, 0.15) is 0 Å². The third kappa shape index (κ3) is 5.54. The van der Waals surface area contributed by atoms with Gasteiger partial charge in [0.2, 0.25) is 0 Å². The van der Waals surface area contributed by atoms with Crippen LogP contribution < -0.4 is 46.7 Å². The van der Waals surface area contributed by atoms with Crippen molar-refractivity contribution in [3.05, 3.63) is 200 Å². The van der Waals surface area contributed by atoms with Crippen molar-refractivity contribution >= 4 is 71.6 Å². The summed E-state index contributed by atoms with van der Waals surface area (Å²) in [5.41, 5.74) is 0. The molecule has 0 aliphatic carbocycles. The van der Waals surface area contributed by atoms with E-state index < -0.39 is 25.0 Å². The van der Waals surface area contributed by atoms with Gasteiger partial charge in [-0.05, 0) is 46.7 Å². The fraction of sp³-hybridized carbons (Fsp3) is 0. The summed E-state index contributed by atoms with van der Waals surface area (Å²) in [5, 5.41) is 7.10. The first-order valence-corrected chi connectivity index (χ1v) is 22.0. The zero-order valence-electron chi connectivity index (χ0n) is 26.4. The van der Waals surface area contributed by atoms with Gasteiger partial charge >= 0.3 is 0 Å². The Bertz CT molecular complexity index is 1720. The summed E-state index contributed by atoms with van der Waals surface area (Å²) in [6.07, 6.45) is 0. The van der Waals surface area contributed by atoms with Gasteiger partial charge in [-0.2, -0.15) is 0 Å². The second-order valence-electron chi connectivity index (χ2n) is 12.1. The van der Waals surface area contributed by atoms with E-state index in [-0.39, 0.29) is 0 Å². The molecule has 0 unspecified atom stereocenters. The van der Waals surface area contributed by atoms with Crippen LogP contribution in [0.15, 0.2) is 200 Å². The average molecular weight is 673 g/mol.